The molecule has 0 aliphatic carbocycles. The van der Waals surface area contributed by atoms with Gasteiger partial charge >= 0.3 is 5.97 Å². The topological polar surface area (TPSA) is 137 Å². The van der Waals surface area contributed by atoms with E-state index in [-0.39, 0.29) is 17.9 Å². The van der Waals surface area contributed by atoms with Gasteiger partial charge in [-0.2, -0.15) is 0 Å². The molecule has 1 aliphatic rings. The molecule has 5 N–H and O–H groups in total. The number of amides is 3. The smallest absolute Gasteiger partial charge is 0.326 e. The highest BCUT2D eigenvalue weighted by molar-refractivity contribution is 5.93. The molecule has 0 radical (unpaired) electrons. The van der Waals surface area contributed by atoms with Crippen LogP contribution < -0.4 is 21.3 Å². The van der Waals surface area contributed by atoms with Gasteiger partial charge < -0.3 is 26.4 Å². The molecule has 0 bridgehead atoms. The number of rotatable bonds is 8. The predicted octanol–water partition coefficient (Wildman–Crippen LogP) is -1.03. The maximum atomic E-state index is 12.1. The van der Waals surface area contributed by atoms with Gasteiger partial charge in [0.1, 0.15) is 18.1 Å². The van der Waals surface area contributed by atoms with Gasteiger partial charge in [0.2, 0.25) is 17.7 Å². The molecule has 25 heavy (non-hydrogen) atoms. The third-order valence-electron chi connectivity index (χ3n) is 4.11. The van der Waals surface area contributed by atoms with Gasteiger partial charge in [0.25, 0.3) is 0 Å². The number of aliphatic carboxylic acids is 1. The van der Waals surface area contributed by atoms with Crippen molar-refractivity contribution in [3.63, 3.8) is 0 Å². The van der Waals surface area contributed by atoms with Crippen molar-refractivity contribution in [2.75, 3.05) is 6.54 Å². The predicted molar refractivity (Wildman–Crippen MR) is 90.6 cm³/mol. The van der Waals surface area contributed by atoms with Gasteiger partial charge in [-0.3, -0.25) is 14.4 Å². The van der Waals surface area contributed by atoms with E-state index >= 15 is 0 Å². The van der Waals surface area contributed by atoms with Gasteiger partial charge in [0.15, 0.2) is 0 Å². The van der Waals surface area contributed by atoms with E-state index in [1.54, 1.807) is 13.8 Å². The quantitative estimate of drug-likeness (QED) is 0.377. The molecule has 9 nitrogen and oxygen atoms in total. The molecule has 0 saturated carbocycles. The summed E-state index contributed by atoms with van der Waals surface area (Å²) in [6, 6.07) is -3.04. The first-order valence-electron chi connectivity index (χ1n) is 8.50. The lowest BCUT2D eigenvalue weighted by Crippen LogP contribution is -2.56. The number of carbonyl (C=O) groups is 4. The number of hydrogen-bond acceptors (Lipinski definition) is 5. The summed E-state index contributed by atoms with van der Waals surface area (Å²) in [5.41, 5.74) is 0. The molecule has 9 heteroatoms. The van der Waals surface area contributed by atoms with E-state index in [0.29, 0.717) is 0 Å². The first kappa shape index (κ1) is 20.9. The monoisotopic (exact) mass is 356 g/mol. The van der Waals surface area contributed by atoms with Gasteiger partial charge in [0, 0.05) is 0 Å². The minimum Gasteiger partial charge on any atom is -0.480 e. The van der Waals surface area contributed by atoms with Crippen LogP contribution in [0.3, 0.4) is 0 Å². The summed E-state index contributed by atoms with van der Waals surface area (Å²) in [6.07, 6.45) is 1.64. The van der Waals surface area contributed by atoms with Gasteiger partial charge in [0.05, 0.1) is 6.04 Å². The van der Waals surface area contributed by atoms with E-state index in [1.165, 1.54) is 13.8 Å². The third kappa shape index (κ3) is 6.33. The molecule has 4 atom stereocenters. The second kappa shape index (κ2) is 9.36. The minimum absolute atomic E-state index is 0.247. The molecule has 0 spiro atoms. The number of carbonyl (C=O) groups excluding carboxylic acids is 3. The van der Waals surface area contributed by atoms with Crippen LogP contribution in [0.15, 0.2) is 0 Å². The summed E-state index contributed by atoms with van der Waals surface area (Å²) in [7, 11) is 0. The fraction of sp³-hybridized carbons (Fsp3) is 0.750. The van der Waals surface area contributed by atoms with Crippen molar-refractivity contribution in [2.45, 2.75) is 64.7 Å². The zero-order valence-corrected chi connectivity index (χ0v) is 15.1. The fourth-order valence-corrected chi connectivity index (χ4v) is 2.48. The van der Waals surface area contributed by atoms with Crippen LogP contribution in [-0.2, 0) is 19.2 Å². The molecule has 1 rings (SSSR count). The Kier molecular flexibility index (Phi) is 7.82. The van der Waals surface area contributed by atoms with Crippen molar-refractivity contribution in [3.05, 3.63) is 0 Å². The zero-order chi connectivity index (χ0) is 19.1. The van der Waals surface area contributed by atoms with Gasteiger partial charge in [-0.05, 0) is 39.2 Å². The fourth-order valence-electron chi connectivity index (χ4n) is 2.48. The van der Waals surface area contributed by atoms with Crippen LogP contribution in [0, 0.1) is 5.92 Å². The zero-order valence-electron chi connectivity index (χ0n) is 15.1. The number of carboxylic acids is 1. The van der Waals surface area contributed by atoms with Crippen LogP contribution in [-0.4, -0.2) is 59.5 Å². The van der Waals surface area contributed by atoms with Crippen LogP contribution in [0.5, 0.6) is 0 Å². The van der Waals surface area contributed by atoms with Crippen LogP contribution in [0.4, 0.5) is 0 Å². The van der Waals surface area contributed by atoms with Gasteiger partial charge in [-0.25, -0.2) is 4.79 Å². The second-order valence-corrected chi connectivity index (χ2v) is 6.68. The average Bonchev–Trinajstić information content (AvgIpc) is 3.05. The van der Waals surface area contributed by atoms with E-state index in [0.717, 1.165) is 19.4 Å². The molecule has 0 aromatic heterocycles. The minimum atomic E-state index is -1.13. The van der Waals surface area contributed by atoms with Crippen LogP contribution in [0.1, 0.15) is 40.5 Å². The van der Waals surface area contributed by atoms with E-state index < -0.39 is 35.9 Å². The molecule has 4 unspecified atom stereocenters. The Labute approximate surface area is 147 Å². The first-order valence-corrected chi connectivity index (χ1v) is 8.50. The molecular weight excluding hydrogens is 328 g/mol. The van der Waals surface area contributed by atoms with Crippen molar-refractivity contribution >= 4 is 23.7 Å². The summed E-state index contributed by atoms with van der Waals surface area (Å²) in [6.45, 7) is 7.12. The van der Waals surface area contributed by atoms with Crippen molar-refractivity contribution in [1.29, 1.82) is 0 Å². The Balaban J connectivity index is 2.49. The van der Waals surface area contributed by atoms with E-state index in [4.69, 9.17) is 5.11 Å². The maximum Gasteiger partial charge on any atom is 0.326 e. The maximum absolute atomic E-state index is 12.1. The Morgan fingerprint density at radius 2 is 1.52 bits per heavy atom. The van der Waals surface area contributed by atoms with E-state index in [2.05, 4.69) is 21.3 Å². The molecule has 1 fully saturated rings. The molecular formula is C16H28N4O5. The van der Waals surface area contributed by atoms with E-state index in [9.17, 15) is 19.2 Å². The van der Waals surface area contributed by atoms with Crippen molar-refractivity contribution in [3.8, 4) is 0 Å². The Morgan fingerprint density at radius 3 is 2.00 bits per heavy atom. The Bertz CT molecular complexity index is 517. The Morgan fingerprint density at radius 1 is 0.960 bits per heavy atom. The largest absolute Gasteiger partial charge is 0.480 e. The van der Waals surface area contributed by atoms with Gasteiger partial charge in [-0.15, -0.1) is 0 Å². The van der Waals surface area contributed by atoms with Crippen molar-refractivity contribution < 1.29 is 24.3 Å². The molecule has 0 aromatic rings. The summed E-state index contributed by atoms with van der Waals surface area (Å²) < 4.78 is 0. The lowest BCUT2D eigenvalue weighted by atomic mass is 10.0. The highest BCUT2D eigenvalue weighted by Gasteiger charge is 2.28. The average molecular weight is 356 g/mol. The second-order valence-electron chi connectivity index (χ2n) is 6.68. The number of nitrogens with one attached hydrogen (secondary N) is 4. The van der Waals surface area contributed by atoms with Crippen molar-refractivity contribution in [1.82, 2.24) is 21.3 Å². The molecule has 0 aromatic carbocycles. The molecule has 3 amide bonds. The summed E-state index contributed by atoms with van der Waals surface area (Å²) in [5.74, 6) is -2.77. The summed E-state index contributed by atoms with van der Waals surface area (Å²) in [4.78, 5) is 47.3. The third-order valence-corrected chi connectivity index (χ3v) is 4.11. The lowest BCUT2D eigenvalue weighted by molar-refractivity contribution is -0.143. The molecule has 142 valence electrons. The first-order chi connectivity index (χ1) is 11.6. The molecule has 1 heterocycles. The Hall–Kier alpha value is -2.16. The molecule has 1 saturated heterocycles. The standard InChI is InChI=1S/C16H28N4O5/c1-8(2)12(16(24)25)20-14(22)10(4)18-13(21)9(3)19-15(23)11-6-5-7-17-11/h8-12,17H,5-7H2,1-4H3,(H,18,21)(H,19,23)(H,20,22)(H,24,25). The normalized spacial score (nSPS) is 20.4. The summed E-state index contributed by atoms with van der Waals surface area (Å²) >= 11 is 0. The number of hydrogen-bond donors (Lipinski definition) is 5. The SMILES string of the molecule is CC(NC(=O)C(C)NC(=O)C1CCCN1)C(=O)NC(C(=O)O)C(C)C. The highest BCUT2D eigenvalue weighted by atomic mass is 16.4. The summed E-state index contributed by atoms with van der Waals surface area (Å²) in [5, 5.41) is 19.6. The number of carboxylic acid groups (broad SMARTS) is 1. The van der Waals surface area contributed by atoms with Crippen LogP contribution >= 0.6 is 0 Å². The van der Waals surface area contributed by atoms with E-state index in [1.807, 2.05) is 0 Å². The van der Waals surface area contributed by atoms with Crippen molar-refractivity contribution in [2.24, 2.45) is 5.92 Å². The van der Waals surface area contributed by atoms with Crippen LogP contribution in [0.25, 0.3) is 0 Å². The highest BCUT2D eigenvalue weighted by Crippen LogP contribution is 2.05. The lowest BCUT2D eigenvalue weighted by Gasteiger charge is -2.22. The van der Waals surface area contributed by atoms with Crippen LogP contribution in [0.2, 0.25) is 0 Å². The molecule has 1 aliphatic heterocycles. The van der Waals surface area contributed by atoms with Gasteiger partial charge in [-0.1, -0.05) is 13.8 Å².